The molecule has 4 heteroatoms. The van der Waals surface area contributed by atoms with Gasteiger partial charge in [-0.05, 0) is 25.0 Å². The molecule has 3 rings (SSSR count). The lowest BCUT2D eigenvalue weighted by molar-refractivity contribution is 0.673. The van der Waals surface area contributed by atoms with Gasteiger partial charge in [-0.2, -0.15) is 11.8 Å². The van der Waals surface area contributed by atoms with Gasteiger partial charge in [0.25, 0.3) is 0 Å². The van der Waals surface area contributed by atoms with Gasteiger partial charge in [-0.1, -0.05) is 6.92 Å². The summed E-state index contributed by atoms with van der Waals surface area (Å²) in [6, 6.07) is 5.14. The lowest BCUT2D eigenvalue weighted by Gasteiger charge is -2.32. The van der Waals surface area contributed by atoms with Crippen LogP contribution in [0.4, 0.5) is 5.69 Å². The van der Waals surface area contributed by atoms with Crippen LogP contribution in [0.15, 0.2) is 18.3 Å². The Morgan fingerprint density at radius 3 is 3.17 bits per heavy atom. The van der Waals surface area contributed by atoms with Crippen molar-refractivity contribution in [1.29, 1.82) is 0 Å². The first-order chi connectivity index (χ1) is 8.81. The molecule has 1 saturated heterocycles. The highest BCUT2D eigenvalue weighted by Gasteiger charge is 2.21. The van der Waals surface area contributed by atoms with Crippen molar-refractivity contribution in [2.24, 2.45) is 0 Å². The highest BCUT2D eigenvalue weighted by atomic mass is 32.2. The summed E-state index contributed by atoms with van der Waals surface area (Å²) in [5, 5.41) is 4.26. The third-order valence-electron chi connectivity index (χ3n) is 3.56. The number of pyridine rings is 1. The van der Waals surface area contributed by atoms with Crippen LogP contribution in [-0.4, -0.2) is 35.1 Å². The molecule has 0 bridgehead atoms. The highest BCUT2D eigenvalue weighted by molar-refractivity contribution is 8.00. The Morgan fingerprint density at radius 2 is 2.39 bits per heavy atom. The van der Waals surface area contributed by atoms with E-state index in [1.807, 2.05) is 6.20 Å². The van der Waals surface area contributed by atoms with E-state index in [0.717, 1.165) is 30.9 Å². The average Bonchev–Trinajstić information content (AvgIpc) is 3.21. The van der Waals surface area contributed by atoms with Gasteiger partial charge in [-0.15, -0.1) is 0 Å². The monoisotopic (exact) mass is 263 g/mol. The van der Waals surface area contributed by atoms with Gasteiger partial charge in [0, 0.05) is 48.6 Å². The topological polar surface area (TPSA) is 28.2 Å². The highest BCUT2D eigenvalue weighted by Crippen LogP contribution is 2.24. The second-order valence-electron chi connectivity index (χ2n) is 5.29. The molecule has 1 unspecified atom stereocenters. The zero-order valence-electron chi connectivity index (χ0n) is 10.9. The van der Waals surface area contributed by atoms with Gasteiger partial charge < -0.3 is 10.2 Å². The summed E-state index contributed by atoms with van der Waals surface area (Å²) < 4.78 is 0. The molecule has 0 spiro atoms. The van der Waals surface area contributed by atoms with Gasteiger partial charge in [-0.25, -0.2) is 0 Å². The van der Waals surface area contributed by atoms with E-state index >= 15 is 0 Å². The quantitative estimate of drug-likeness (QED) is 0.902. The lowest BCUT2D eigenvalue weighted by Crippen LogP contribution is -2.36. The van der Waals surface area contributed by atoms with E-state index in [4.69, 9.17) is 0 Å². The van der Waals surface area contributed by atoms with Crippen molar-refractivity contribution < 1.29 is 0 Å². The number of thioether (sulfide) groups is 1. The first kappa shape index (κ1) is 12.3. The molecule has 2 aliphatic rings. The summed E-state index contributed by atoms with van der Waals surface area (Å²) in [7, 11) is 0. The maximum absolute atomic E-state index is 4.46. The predicted molar refractivity (Wildman–Crippen MR) is 78.2 cm³/mol. The summed E-state index contributed by atoms with van der Waals surface area (Å²) in [6.07, 6.45) is 4.62. The summed E-state index contributed by atoms with van der Waals surface area (Å²) >= 11 is 2.07. The molecule has 1 atom stereocenters. The Kier molecular flexibility index (Phi) is 3.75. The minimum atomic E-state index is 0.736. The van der Waals surface area contributed by atoms with Gasteiger partial charge in [-0.3, -0.25) is 4.98 Å². The number of anilines is 1. The average molecular weight is 263 g/mol. The Morgan fingerprint density at radius 1 is 1.50 bits per heavy atom. The molecule has 0 radical (unpaired) electrons. The maximum atomic E-state index is 4.46. The molecule has 98 valence electrons. The lowest BCUT2D eigenvalue weighted by atomic mass is 10.2. The van der Waals surface area contributed by atoms with Crippen LogP contribution in [0.2, 0.25) is 0 Å². The SMILES string of the molecule is CC1CN(c2ccnc(CNC3CC3)c2)CCS1. The number of hydrogen-bond acceptors (Lipinski definition) is 4. The van der Waals surface area contributed by atoms with E-state index in [9.17, 15) is 0 Å². The molecule has 1 aromatic heterocycles. The summed E-state index contributed by atoms with van der Waals surface area (Å²) in [5.41, 5.74) is 2.51. The van der Waals surface area contributed by atoms with Crippen molar-refractivity contribution in [1.82, 2.24) is 10.3 Å². The molecule has 18 heavy (non-hydrogen) atoms. The number of aromatic nitrogens is 1. The number of hydrogen-bond donors (Lipinski definition) is 1. The van der Waals surface area contributed by atoms with Crippen molar-refractivity contribution in [2.45, 2.75) is 37.6 Å². The fourth-order valence-electron chi connectivity index (χ4n) is 2.35. The van der Waals surface area contributed by atoms with Crippen LogP contribution in [0.5, 0.6) is 0 Å². The second-order valence-corrected chi connectivity index (χ2v) is 6.83. The smallest absolute Gasteiger partial charge is 0.0562 e. The molecule has 2 heterocycles. The minimum Gasteiger partial charge on any atom is -0.370 e. The number of nitrogens with zero attached hydrogens (tertiary/aromatic N) is 2. The van der Waals surface area contributed by atoms with Gasteiger partial charge in [0.1, 0.15) is 0 Å². The Bertz CT molecular complexity index is 406. The molecule has 3 nitrogen and oxygen atoms in total. The Balaban J connectivity index is 1.65. The molecular formula is C14H21N3S. The predicted octanol–water partition coefficient (Wildman–Crippen LogP) is 2.28. The van der Waals surface area contributed by atoms with E-state index in [1.54, 1.807) is 0 Å². The molecular weight excluding hydrogens is 242 g/mol. The van der Waals surface area contributed by atoms with E-state index in [2.05, 4.69) is 46.0 Å². The summed E-state index contributed by atoms with van der Waals surface area (Å²) in [5.74, 6) is 1.24. The van der Waals surface area contributed by atoms with Crippen LogP contribution in [-0.2, 0) is 6.54 Å². The maximum Gasteiger partial charge on any atom is 0.0562 e. The molecule has 1 aliphatic carbocycles. The normalized spacial score (nSPS) is 24.3. The Labute approximate surface area is 113 Å². The van der Waals surface area contributed by atoms with Crippen molar-refractivity contribution >= 4 is 17.4 Å². The third-order valence-corrected chi connectivity index (χ3v) is 4.69. The molecule has 1 aromatic rings. The zero-order valence-corrected chi connectivity index (χ0v) is 11.7. The van der Waals surface area contributed by atoms with Crippen molar-refractivity contribution in [3.05, 3.63) is 24.0 Å². The first-order valence-corrected chi connectivity index (χ1v) is 7.91. The van der Waals surface area contributed by atoms with E-state index < -0.39 is 0 Å². The van der Waals surface area contributed by atoms with Crippen LogP contribution in [0.3, 0.4) is 0 Å². The molecule has 1 N–H and O–H groups in total. The van der Waals surface area contributed by atoms with E-state index in [1.165, 1.54) is 30.0 Å². The minimum absolute atomic E-state index is 0.736. The van der Waals surface area contributed by atoms with Gasteiger partial charge in [0.15, 0.2) is 0 Å². The Hall–Kier alpha value is -0.740. The van der Waals surface area contributed by atoms with Crippen molar-refractivity contribution in [2.75, 3.05) is 23.7 Å². The van der Waals surface area contributed by atoms with Crippen LogP contribution < -0.4 is 10.2 Å². The van der Waals surface area contributed by atoms with Gasteiger partial charge in [0.2, 0.25) is 0 Å². The number of rotatable bonds is 4. The molecule has 1 saturated carbocycles. The number of nitrogens with one attached hydrogen (secondary N) is 1. The summed E-state index contributed by atoms with van der Waals surface area (Å²) in [6.45, 7) is 5.54. The third kappa shape index (κ3) is 3.18. The first-order valence-electron chi connectivity index (χ1n) is 6.86. The molecule has 2 fully saturated rings. The molecule has 0 aromatic carbocycles. The van der Waals surface area contributed by atoms with Crippen LogP contribution in [0.1, 0.15) is 25.5 Å². The van der Waals surface area contributed by atoms with Crippen LogP contribution in [0.25, 0.3) is 0 Å². The molecule has 0 amide bonds. The molecule has 1 aliphatic heterocycles. The fourth-order valence-corrected chi connectivity index (χ4v) is 3.36. The summed E-state index contributed by atoms with van der Waals surface area (Å²) in [4.78, 5) is 6.95. The van der Waals surface area contributed by atoms with Crippen LogP contribution in [0, 0.1) is 0 Å². The second kappa shape index (κ2) is 5.49. The van der Waals surface area contributed by atoms with E-state index in [-0.39, 0.29) is 0 Å². The van der Waals surface area contributed by atoms with E-state index in [0.29, 0.717) is 0 Å². The van der Waals surface area contributed by atoms with Gasteiger partial charge >= 0.3 is 0 Å². The van der Waals surface area contributed by atoms with Crippen molar-refractivity contribution in [3.8, 4) is 0 Å². The van der Waals surface area contributed by atoms with Crippen LogP contribution >= 0.6 is 11.8 Å². The van der Waals surface area contributed by atoms with Crippen molar-refractivity contribution in [3.63, 3.8) is 0 Å². The fraction of sp³-hybridized carbons (Fsp3) is 0.643. The zero-order chi connectivity index (χ0) is 12.4. The largest absolute Gasteiger partial charge is 0.370 e. The standard InChI is InChI=1S/C14H21N3S/c1-11-10-17(6-7-18-11)14-4-5-15-13(8-14)9-16-12-2-3-12/h4-5,8,11-12,16H,2-3,6-7,9-10H2,1H3. The van der Waals surface area contributed by atoms with Gasteiger partial charge in [0.05, 0.1) is 5.69 Å².